The summed E-state index contributed by atoms with van der Waals surface area (Å²) in [7, 11) is 0. The lowest BCUT2D eigenvalue weighted by Gasteiger charge is -2.07. The standard InChI is InChI=1S/C16H19ClFNO/c1-9(2)8-10-13(16(10,3)4)15(20)19-12-7-5-6-11(17)14(12)18/h5-8,10,13H,1-4H3,(H,19,20). The van der Waals surface area contributed by atoms with Crippen molar-refractivity contribution >= 4 is 23.2 Å². The average molecular weight is 296 g/mol. The van der Waals surface area contributed by atoms with E-state index in [0.29, 0.717) is 0 Å². The molecule has 0 aliphatic heterocycles. The van der Waals surface area contributed by atoms with Gasteiger partial charge < -0.3 is 5.32 Å². The molecule has 20 heavy (non-hydrogen) atoms. The molecule has 1 amide bonds. The number of hydrogen-bond acceptors (Lipinski definition) is 1. The Morgan fingerprint density at radius 1 is 1.40 bits per heavy atom. The number of carbonyl (C=O) groups is 1. The molecule has 2 unspecified atom stereocenters. The highest BCUT2D eigenvalue weighted by Crippen LogP contribution is 2.59. The second kappa shape index (κ2) is 5.21. The Bertz CT molecular complexity index is 576. The second-order valence-electron chi connectivity index (χ2n) is 6.16. The maximum absolute atomic E-state index is 13.8. The minimum atomic E-state index is -0.584. The predicted octanol–water partition coefficient (Wildman–Crippen LogP) is 4.66. The van der Waals surface area contributed by atoms with Gasteiger partial charge in [0.15, 0.2) is 5.82 Å². The summed E-state index contributed by atoms with van der Waals surface area (Å²) in [5.74, 6) is -0.663. The first-order chi connectivity index (χ1) is 9.25. The molecular weight excluding hydrogens is 277 g/mol. The molecule has 1 aromatic carbocycles. The number of anilines is 1. The van der Waals surface area contributed by atoms with E-state index in [9.17, 15) is 9.18 Å². The quantitative estimate of drug-likeness (QED) is 0.808. The molecule has 2 nitrogen and oxygen atoms in total. The Labute approximate surface area is 124 Å². The van der Waals surface area contributed by atoms with E-state index in [1.54, 1.807) is 6.07 Å². The van der Waals surface area contributed by atoms with Crippen molar-refractivity contribution in [3.8, 4) is 0 Å². The van der Waals surface area contributed by atoms with Crippen LogP contribution < -0.4 is 5.32 Å². The van der Waals surface area contributed by atoms with Crippen LogP contribution in [-0.2, 0) is 4.79 Å². The lowest BCUT2D eigenvalue weighted by molar-refractivity contribution is -0.118. The van der Waals surface area contributed by atoms with Crippen LogP contribution in [0.2, 0.25) is 5.02 Å². The summed E-state index contributed by atoms with van der Waals surface area (Å²) in [5.41, 5.74) is 1.24. The van der Waals surface area contributed by atoms with E-state index in [1.807, 2.05) is 13.8 Å². The average Bonchev–Trinajstić information content (AvgIpc) is 2.86. The van der Waals surface area contributed by atoms with Crippen molar-refractivity contribution in [2.45, 2.75) is 27.7 Å². The predicted molar refractivity (Wildman–Crippen MR) is 80.2 cm³/mol. The van der Waals surface area contributed by atoms with Crippen molar-refractivity contribution in [2.24, 2.45) is 17.3 Å². The minimum absolute atomic E-state index is 0.0127. The van der Waals surface area contributed by atoms with Gasteiger partial charge in [0.25, 0.3) is 0 Å². The van der Waals surface area contributed by atoms with E-state index < -0.39 is 5.82 Å². The van der Waals surface area contributed by atoms with Gasteiger partial charge in [0.1, 0.15) is 0 Å². The van der Waals surface area contributed by atoms with E-state index in [1.165, 1.54) is 17.7 Å². The summed E-state index contributed by atoms with van der Waals surface area (Å²) in [5, 5.41) is 2.66. The largest absolute Gasteiger partial charge is 0.323 e. The zero-order chi connectivity index (χ0) is 15.1. The molecule has 0 spiro atoms. The molecule has 2 atom stereocenters. The van der Waals surface area contributed by atoms with Crippen molar-refractivity contribution < 1.29 is 9.18 Å². The van der Waals surface area contributed by atoms with E-state index in [2.05, 4.69) is 25.2 Å². The molecular formula is C16H19ClFNO. The number of rotatable bonds is 3. The Kier molecular flexibility index (Phi) is 3.92. The molecule has 1 fully saturated rings. The maximum atomic E-state index is 13.8. The smallest absolute Gasteiger partial charge is 0.228 e. The van der Waals surface area contributed by atoms with Gasteiger partial charge >= 0.3 is 0 Å². The Morgan fingerprint density at radius 2 is 2.05 bits per heavy atom. The molecule has 1 N–H and O–H groups in total. The first kappa shape index (κ1) is 15.0. The first-order valence-corrected chi connectivity index (χ1v) is 7.03. The third-order valence-corrected chi connectivity index (χ3v) is 4.21. The Hall–Kier alpha value is -1.35. The van der Waals surface area contributed by atoms with Crippen molar-refractivity contribution in [3.63, 3.8) is 0 Å². The molecule has 108 valence electrons. The van der Waals surface area contributed by atoms with E-state index in [-0.39, 0.29) is 33.9 Å². The number of benzene rings is 1. The number of halogens is 2. The monoisotopic (exact) mass is 295 g/mol. The zero-order valence-electron chi connectivity index (χ0n) is 12.1. The van der Waals surface area contributed by atoms with E-state index >= 15 is 0 Å². The Balaban J connectivity index is 2.14. The van der Waals surface area contributed by atoms with Gasteiger partial charge in [-0.1, -0.05) is 43.2 Å². The molecule has 1 aliphatic rings. The molecule has 1 aliphatic carbocycles. The van der Waals surface area contributed by atoms with Crippen LogP contribution in [0, 0.1) is 23.1 Å². The topological polar surface area (TPSA) is 29.1 Å². The van der Waals surface area contributed by atoms with Gasteiger partial charge in [-0.25, -0.2) is 4.39 Å². The molecule has 1 saturated carbocycles. The van der Waals surface area contributed by atoms with Crippen LogP contribution in [0.15, 0.2) is 29.8 Å². The molecule has 0 heterocycles. The number of allylic oxidation sites excluding steroid dienone is 2. The summed E-state index contributed by atoms with van der Waals surface area (Å²) >= 11 is 5.71. The number of nitrogens with one attached hydrogen (secondary N) is 1. The van der Waals surface area contributed by atoms with Gasteiger partial charge in [0.2, 0.25) is 5.91 Å². The van der Waals surface area contributed by atoms with Gasteiger partial charge in [-0.15, -0.1) is 0 Å². The fraction of sp³-hybridized carbons (Fsp3) is 0.438. The van der Waals surface area contributed by atoms with Gasteiger partial charge in [-0.05, 0) is 37.3 Å². The third-order valence-electron chi connectivity index (χ3n) is 3.92. The lowest BCUT2D eigenvalue weighted by atomic mass is 10.1. The number of hydrogen-bond donors (Lipinski definition) is 1. The summed E-state index contributed by atoms with van der Waals surface area (Å²) in [6.45, 7) is 8.13. The van der Waals surface area contributed by atoms with E-state index in [0.717, 1.165) is 0 Å². The summed E-state index contributed by atoms with van der Waals surface area (Å²) in [6, 6.07) is 4.59. The van der Waals surface area contributed by atoms with Crippen LogP contribution in [0.3, 0.4) is 0 Å². The molecule has 0 saturated heterocycles. The zero-order valence-corrected chi connectivity index (χ0v) is 12.9. The highest BCUT2D eigenvalue weighted by Gasteiger charge is 2.60. The summed E-state index contributed by atoms with van der Waals surface area (Å²) < 4.78 is 13.8. The van der Waals surface area contributed by atoms with Crippen LogP contribution in [0.1, 0.15) is 27.7 Å². The molecule has 2 rings (SSSR count). The van der Waals surface area contributed by atoms with Crippen LogP contribution in [0.4, 0.5) is 10.1 Å². The highest BCUT2D eigenvalue weighted by atomic mass is 35.5. The highest BCUT2D eigenvalue weighted by molar-refractivity contribution is 6.31. The van der Waals surface area contributed by atoms with Gasteiger partial charge in [0.05, 0.1) is 16.6 Å². The SMILES string of the molecule is CC(C)=CC1C(C(=O)Nc2cccc(Cl)c2F)C1(C)C. The molecule has 0 bridgehead atoms. The van der Waals surface area contributed by atoms with E-state index in [4.69, 9.17) is 11.6 Å². The summed E-state index contributed by atoms with van der Waals surface area (Å²) in [6.07, 6.45) is 2.11. The van der Waals surface area contributed by atoms with Crippen LogP contribution in [0.25, 0.3) is 0 Å². The van der Waals surface area contributed by atoms with Crippen LogP contribution in [-0.4, -0.2) is 5.91 Å². The summed E-state index contributed by atoms with van der Waals surface area (Å²) in [4.78, 5) is 12.3. The van der Waals surface area contributed by atoms with Gasteiger partial charge in [-0.3, -0.25) is 4.79 Å². The van der Waals surface area contributed by atoms with Gasteiger partial charge in [0, 0.05) is 0 Å². The first-order valence-electron chi connectivity index (χ1n) is 6.65. The fourth-order valence-electron chi connectivity index (χ4n) is 2.66. The van der Waals surface area contributed by atoms with Crippen molar-refractivity contribution in [1.82, 2.24) is 0 Å². The van der Waals surface area contributed by atoms with Crippen LogP contribution in [0.5, 0.6) is 0 Å². The van der Waals surface area contributed by atoms with Crippen molar-refractivity contribution in [1.29, 1.82) is 0 Å². The second-order valence-corrected chi connectivity index (χ2v) is 6.57. The lowest BCUT2D eigenvalue weighted by Crippen LogP contribution is -2.17. The van der Waals surface area contributed by atoms with Crippen LogP contribution >= 0.6 is 11.6 Å². The minimum Gasteiger partial charge on any atom is -0.323 e. The normalized spacial score (nSPS) is 23.1. The Morgan fingerprint density at radius 3 is 2.65 bits per heavy atom. The molecule has 4 heteroatoms. The third kappa shape index (κ3) is 2.73. The maximum Gasteiger partial charge on any atom is 0.228 e. The molecule has 0 aromatic heterocycles. The number of amides is 1. The van der Waals surface area contributed by atoms with Crippen molar-refractivity contribution in [3.05, 3.63) is 40.7 Å². The number of carbonyl (C=O) groups excluding carboxylic acids is 1. The molecule has 0 radical (unpaired) electrons. The fourth-order valence-corrected chi connectivity index (χ4v) is 2.83. The molecule has 1 aromatic rings. The van der Waals surface area contributed by atoms with Gasteiger partial charge in [-0.2, -0.15) is 0 Å². The van der Waals surface area contributed by atoms with Crippen molar-refractivity contribution in [2.75, 3.05) is 5.32 Å².